The molecule has 21 heavy (non-hydrogen) atoms. The van der Waals surface area contributed by atoms with E-state index < -0.39 is 17.0 Å². The summed E-state index contributed by atoms with van der Waals surface area (Å²) in [5, 5.41) is 28.4. The Morgan fingerprint density at radius 2 is 1.81 bits per heavy atom. The van der Waals surface area contributed by atoms with Gasteiger partial charge >= 0.3 is 0 Å². The van der Waals surface area contributed by atoms with Crippen LogP contribution in [0.1, 0.15) is 26.7 Å². The highest BCUT2D eigenvalue weighted by molar-refractivity contribution is 8.01. The van der Waals surface area contributed by atoms with Crippen molar-refractivity contribution in [1.82, 2.24) is 10.6 Å². The Morgan fingerprint density at radius 1 is 1.14 bits per heavy atom. The second kappa shape index (κ2) is 5.83. The van der Waals surface area contributed by atoms with Gasteiger partial charge in [-0.2, -0.15) is 0 Å². The molecule has 0 aromatic heterocycles. The highest BCUT2D eigenvalue weighted by Gasteiger charge is 2.66. The van der Waals surface area contributed by atoms with E-state index in [0.717, 1.165) is 12.8 Å². The van der Waals surface area contributed by atoms with Gasteiger partial charge in [-0.3, -0.25) is 10.6 Å². The molecule has 8 N–H and O–H groups in total. The lowest BCUT2D eigenvalue weighted by atomic mass is 9.68. The monoisotopic (exact) mass is 334 g/mol. The van der Waals surface area contributed by atoms with Crippen LogP contribution in [0, 0.1) is 5.92 Å². The van der Waals surface area contributed by atoms with Crippen LogP contribution in [0.5, 0.6) is 0 Å². The molecule has 122 valence electrons. The lowest BCUT2D eigenvalue weighted by Crippen LogP contribution is -2.72. The minimum Gasteiger partial charge on any atom is -0.390 e. The topological polar surface area (TPSA) is 117 Å². The van der Waals surface area contributed by atoms with Crippen LogP contribution in [0.4, 0.5) is 0 Å². The van der Waals surface area contributed by atoms with Gasteiger partial charge in [0.2, 0.25) is 0 Å². The third-order valence-electron chi connectivity index (χ3n) is 5.28. The summed E-state index contributed by atoms with van der Waals surface area (Å²) in [5.74, 6) is 0.294. The molecule has 0 aromatic carbocycles. The molecule has 8 atom stereocenters. The van der Waals surface area contributed by atoms with E-state index in [2.05, 4.69) is 24.5 Å². The van der Waals surface area contributed by atoms with Crippen molar-refractivity contribution in [2.45, 2.75) is 72.0 Å². The largest absolute Gasteiger partial charge is 0.390 e. The first kappa shape index (κ1) is 16.3. The molecule has 6 nitrogen and oxygen atoms in total. The SMILES string of the molecule is CCC(CC)C12SC(N)NC1C(O)C1SC(N)NC1C2O. The summed E-state index contributed by atoms with van der Waals surface area (Å²) in [4.78, 5) is 0. The zero-order valence-corrected chi connectivity index (χ0v) is 14.0. The molecule has 2 heterocycles. The van der Waals surface area contributed by atoms with E-state index in [9.17, 15) is 10.2 Å². The number of hydrogen-bond acceptors (Lipinski definition) is 8. The van der Waals surface area contributed by atoms with Gasteiger partial charge in [0, 0.05) is 0 Å². The molecule has 1 aliphatic carbocycles. The Kier molecular flexibility index (Phi) is 4.53. The summed E-state index contributed by atoms with van der Waals surface area (Å²) in [6.45, 7) is 4.27. The van der Waals surface area contributed by atoms with E-state index in [4.69, 9.17) is 11.5 Å². The van der Waals surface area contributed by atoms with E-state index in [1.807, 2.05) is 0 Å². The van der Waals surface area contributed by atoms with E-state index in [-0.39, 0.29) is 28.3 Å². The van der Waals surface area contributed by atoms with Crippen LogP contribution in [0.2, 0.25) is 0 Å². The number of nitrogens with two attached hydrogens (primary N) is 2. The van der Waals surface area contributed by atoms with Gasteiger partial charge in [-0.15, -0.1) is 23.5 Å². The fourth-order valence-electron chi connectivity index (χ4n) is 4.38. The van der Waals surface area contributed by atoms with Crippen LogP contribution >= 0.6 is 23.5 Å². The summed E-state index contributed by atoms with van der Waals surface area (Å²) in [7, 11) is 0. The predicted molar refractivity (Wildman–Crippen MR) is 87.6 cm³/mol. The van der Waals surface area contributed by atoms with E-state index in [1.165, 1.54) is 11.8 Å². The first-order chi connectivity index (χ1) is 9.95. The van der Waals surface area contributed by atoms with Crippen molar-refractivity contribution in [3.8, 4) is 0 Å². The van der Waals surface area contributed by atoms with Gasteiger partial charge in [0.25, 0.3) is 0 Å². The van der Waals surface area contributed by atoms with Crippen LogP contribution in [-0.4, -0.2) is 55.5 Å². The first-order valence-electron chi connectivity index (χ1n) is 7.68. The fraction of sp³-hybridized carbons (Fsp3) is 1.00. The zero-order valence-electron chi connectivity index (χ0n) is 12.4. The standard InChI is InChI=1S/C13H26N4O2S2/c1-3-5(4-2)13-9(17-12(15)21-13)7(18)8-6(10(13)19)16-11(14)20-8/h5-12,16-19H,3-4,14-15H2,1-2H3. The van der Waals surface area contributed by atoms with Crippen molar-refractivity contribution >= 4 is 23.5 Å². The molecule has 3 aliphatic rings. The smallest absolute Gasteiger partial charge is 0.104 e. The summed E-state index contributed by atoms with van der Waals surface area (Å²) in [6.07, 6.45) is 0.766. The quantitative estimate of drug-likeness (QED) is 0.396. The van der Waals surface area contributed by atoms with Crippen molar-refractivity contribution in [2.24, 2.45) is 17.4 Å². The number of rotatable bonds is 3. The number of aliphatic hydroxyl groups is 2. The average Bonchev–Trinajstić information content (AvgIpc) is 2.99. The molecule has 0 aromatic rings. The van der Waals surface area contributed by atoms with Gasteiger partial charge in [-0.25, -0.2) is 0 Å². The molecule has 0 amide bonds. The summed E-state index contributed by atoms with van der Waals surface area (Å²) < 4.78 is -0.457. The maximum Gasteiger partial charge on any atom is 0.104 e. The van der Waals surface area contributed by atoms with Gasteiger partial charge in [0.15, 0.2) is 0 Å². The molecule has 3 fully saturated rings. The second-order valence-electron chi connectivity index (χ2n) is 6.20. The van der Waals surface area contributed by atoms with E-state index in [1.54, 1.807) is 11.8 Å². The number of fused-ring (bicyclic) bond motifs is 2. The molecule has 0 spiro atoms. The van der Waals surface area contributed by atoms with Gasteiger partial charge in [-0.1, -0.05) is 26.7 Å². The minimum absolute atomic E-state index is 0.0964. The molecular formula is C13H26N4O2S2. The van der Waals surface area contributed by atoms with Crippen molar-refractivity contribution in [3.05, 3.63) is 0 Å². The van der Waals surface area contributed by atoms with Crippen LogP contribution in [0.25, 0.3) is 0 Å². The number of hydrogen-bond donors (Lipinski definition) is 6. The Balaban J connectivity index is 2.01. The molecule has 2 aliphatic heterocycles. The molecule has 2 saturated heterocycles. The highest BCUT2D eigenvalue weighted by atomic mass is 32.2. The third-order valence-corrected chi connectivity index (χ3v) is 8.22. The van der Waals surface area contributed by atoms with Crippen molar-refractivity contribution in [3.63, 3.8) is 0 Å². The van der Waals surface area contributed by atoms with Gasteiger partial charge in [-0.05, 0) is 5.92 Å². The van der Waals surface area contributed by atoms with Gasteiger partial charge in [0.05, 0.1) is 34.3 Å². The van der Waals surface area contributed by atoms with Gasteiger partial charge in [0.1, 0.15) is 11.0 Å². The fourth-order valence-corrected chi connectivity index (χ4v) is 7.49. The molecular weight excluding hydrogens is 308 g/mol. The third kappa shape index (κ3) is 2.27. The minimum atomic E-state index is -0.576. The Hall–Kier alpha value is 0.460. The molecule has 8 heteroatoms. The number of thioether (sulfide) groups is 2. The lowest BCUT2D eigenvalue weighted by Gasteiger charge is -2.52. The molecule has 1 saturated carbocycles. The maximum atomic E-state index is 11.1. The number of nitrogens with one attached hydrogen (secondary N) is 2. The first-order valence-corrected chi connectivity index (χ1v) is 9.50. The Bertz CT molecular complexity index is 400. The Morgan fingerprint density at radius 3 is 2.43 bits per heavy atom. The van der Waals surface area contributed by atoms with Crippen molar-refractivity contribution in [1.29, 1.82) is 0 Å². The number of aliphatic hydroxyl groups excluding tert-OH is 2. The van der Waals surface area contributed by atoms with Crippen molar-refractivity contribution < 1.29 is 10.2 Å². The summed E-state index contributed by atoms with van der Waals surface area (Å²) >= 11 is 3.09. The maximum absolute atomic E-state index is 11.1. The van der Waals surface area contributed by atoms with Gasteiger partial charge < -0.3 is 21.7 Å². The molecule has 0 radical (unpaired) electrons. The summed E-state index contributed by atoms with van der Waals surface area (Å²) in [6, 6.07) is -0.380. The molecule has 8 unspecified atom stereocenters. The van der Waals surface area contributed by atoms with E-state index >= 15 is 0 Å². The molecule has 3 rings (SSSR count). The highest BCUT2D eigenvalue weighted by Crippen LogP contribution is 2.55. The second-order valence-corrected chi connectivity index (χ2v) is 8.97. The Labute approximate surface area is 134 Å². The molecule has 0 bridgehead atoms. The van der Waals surface area contributed by atoms with Crippen LogP contribution in [-0.2, 0) is 0 Å². The predicted octanol–water partition coefficient (Wildman–Crippen LogP) is -0.840. The van der Waals surface area contributed by atoms with Crippen LogP contribution < -0.4 is 22.1 Å². The normalized spacial score (nSPS) is 53.0. The van der Waals surface area contributed by atoms with Crippen LogP contribution in [0.15, 0.2) is 0 Å². The van der Waals surface area contributed by atoms with Crippen molar-refractivity contribution in [2.75, 3.05) is 0 Å². The average molecular weight is 335 g/mol. The lowest BCUT2D eigenvalue weighted by molar-refractivity contribution is -0.0340. The zero-order chi connectivity index (χ0) is 15.4. The summed E-state index contributed by atoms with van der Waals surface area (Å²) in [5.41, 5.74) is 11.6. The van der Waals surface area contributed by atoms with E-state index in [0.29, 0.717) is 5.92 Å². The van der Waals surface area contributed by atoms with Crippen LogP contribution in [0.3, 0.4) is 0 Å².